The first kappa shape index (κ1) is 21.5. The van der Waals surface area contributed by atoms with Crippen LogP contribution in [0.2, 0.25) is 5.02 Å². The molecule has 3 N–H and O–H groups in total. The van der Waals surface area contributed by atoms with Crippen LogP contribution >= 0.6 is 11.6 Å². The fourth-order valence-electron chi connectivity index (χ4n) is 3.09. The molecule has 1 aromatic carbocycles. The summed E-state index contributed by atoms with van der Waals surface area (Å²) < 4.78 is 38.3. The highest BCUT2D eigenvalue weighted by atomic mass is 35.5. The number of benzene rings is 1. The maximum absolute atomic E-state index is 12.8. The average molecular weight is 431 g/mol. The Morgan fingerprint density at radius 1 is 1.10 bits per heavy atom. The normalized spacial score (nSPS) is 16.1. The van der Waals surface area contributed by atoms with Gasteiger partial charge in [0, 0.05) is 50.3 Å². The van der Waals surface area contributed by atoms with Crippen LogP contribution < -0.4 is 15.1 Å². The highest BCUT2D eigenvalue weighted by molar-refractivity contribution is 6.33. The Morgan fingerprint density at radius 3 is 2.28 bits per heavy atom. The van der Waals surface area contributed by atoms with E-state index in [4.69, 9.17) is 16.7 Å². The SMILES string of the molecule is OCC(O)CNc1ccc(N2CCN(c3ncc(C(F)(F)F)cc3Cl)CC2)cc1. The monoisotopic (exact) mass is 430 g/mol. The van der Waals surface area contributed by atoms with Crippen molar-refractivity contribution in [2.24, 2.45) is 0 Å². The summed E-state index contributed by atoms with van der Waals surface area (Å²) in [6.07, 6.45) is -4.47. The molecular weight excluding hydrogens is 409 g/mol. The van der Waals surface area contributed by atoms with Crippen LogP contribution in [0, 0.1) is 0 Å². The Kier molecular flexibility index (Phi) is 6.71. The van der Waals surface area contributed by atoms with Crippen molar-refractivity contribution in [1.82, 2.24) is 4.98 Å². The summed E-state index contributed by atoms with van der Waals surface area (Å²) >= 11 is 6.04. The third-order valence-corrected chi connectivity index (χ3v) is 4.99. The van der Waals surface area contributed by atoms with Crippen LogP contribution in [0.5, 0.6) is 0 Å². The molecule has 1 unspecified atom stereocenters. The quantitative estimate of drug-likeness (QED) is 0.654. The molecule has 2 heterocycles. The van der Waals surface area contributed by atoms with Gasteiger partial charge in [-0.25, -0.2) is 4.98 Å². The van der Waals surface area contributed by atoms with Gasteiger partial charge in [0.2, 0.25) is 0 Å². The van der Waals surface area contributed by atoms with Gasteiger partial charge in [0.1, 0.15) is 5.82 Å². The fraction of sp³-hybridized carbons (Fsp3) is 0.421. The first-order chi connectivity index (χ1) is 13.8. The van der Waals surface area contributed by atoms with E-state index in [0.29, 0.717) is 32.0 Å². The van der Waals surface area contributed by atoms with Crippen molar-refractivity contribution in [3.05, 3.63) is 47.1 Å². The molecule has 3 rings (SSSR count). The number of piperazine rings is 1. The van der Waals surface area contributed by atoms with E-state index in [-0.39, 0.29) is 18.2 Å². The van der Waals surface area contributed by atoms with E-state index in [1.165, 1.54) is 0 Å². The molecule has 0 spiro atoms. The van der Waals surface area contributed by atoms with Gasteiger partial charge >= 0.3 is 6.18 Å². The van der Waals surface area contributed by atoms with Crippen molar-refractivity contribution in [3.8, 4) is 0 Å². The first-order valence-corrected chi connectivity index (χ1v) is 9.51. The molecule has 1 fully saturated rings. The van der Waals surface area contributed by atoms with E-state index in [2.05, 4.69) is 15.2 Å². The number of nitrogens with one attached hydrogen (secondary N) is 1. The summed E-state index contributed by atoms with van der Waals surface area (Å²) in [7, 11) is 0. The van der Waals surface area contributed by atoms with E-state index in [0.717, 1.165) is 23.6 Å². The molecule has 1 aliphatic heterocycles. The van der Waals surface area contributed by atoms with Gasteiger partial charge in [-0.15, -0.1) is 0 Å². The zero-order valence-corrected chi connectivity index (χ0v) is 16.3. The predicted octanol–water partition coefficient (Wildman–Crippen LogP) is 2.85. The number of halogens is 4. The average Bonchev–Trinajstić information content (AvgIpc) is 2.72. The Balaban J connectivity index is 1.58. The Hall–Kier alpha value is -2.23. The molecule has 0 radical (unpaired) electrons. The molecule has 0 amide bonds. The number of anilines is 3. The zero-order chi connectivity index (χ0) is 21.0. The molecule has 29 heavy (non-hydrogen) atoms. The topological polar surface area (TPSA) is 71.9 Å². The second-order valence-corrected chi connectivity index (χ2v) is 7.17. The number of rotatable bonds is 6. The molecule has 0 saturated carbocycles. The van der Waals surface area contributed by atoms with E-state index >= 15 is 0 Å². The number of pyridine rings is 1. The summed E-state index contributed by atoms with van der Waals surface area (Å²) in [5.74, 6) is 0.362. The second-order valence-electron chi connectivity index (χ2n) is 6.77. The first-order valence-electron chi connectivity index (χ1n) is 9.13. The number of hydrogen-bond acceptors (Lipinski definition) is 6. The van der Waals surface area contributed by atoms with Crippen molar-refractivity contribution < 1.29 is 23.4 Å². The van der Waals surface area contributed by atoms with Crippen molar-refractivity contribution >= 4 is 28.8 Å². The van der Waals surface area contributed by atoms with Crippen LogP contribution in [0.3, 0.4) is 0 Å². The molecule has 6 nitrogen and oxygen atoms in total. The minimum absolute atomic E-state index is 0.00577. The lowest BCUT2D eigenvalue weighted by atomic mass is 10.2. The van der Waals surface area contributed by atoms with Gasteiger partial charge in [-0.3, -0.25) is 0 Å². The van der Waals surface area contributed by atoms with Crippen molar-refractivity contribution in [3.63, 3.8) is 0 Å². The molecule has 10 heteroatoms. The molecule has 2 aromatic rings. The third-order valence-electron chi connectivity index (χ3n) is 4.71. The van der Waals surface area contributed by atoms with Crippen molar-refractivity contribution in [2.45, 2.75) is 12.3 Å². The molecule has 0 bridgehead atoms. The van der Waals surface area contributed by atoms with Crippen LogP contribution in [0.15, 0.2) is 36.5 Å². The van der Waals surface area contributed by atoms with Gasteiger partial charge in [-0.05, 0) is 30.3 Å². The molecule has 1 aromatic heterocycles. The van der Waals surface area contributed by atoms with E-state index in [1.54, 1.807) is 0 Å². The molecule has 1 aliphatic rings. The second kappa shape index (κ2) is 9.06. The van der Waals surface area contributed by atoms with Gasteiger partial charge in [-0.2, -0.15) is 13.2 Å². The Bertz CT molecular complexity index is 812. The number of aliphatic hydroxyl groups excluding tert-OH is 2. The third kappa shape index (κ3) is 5.43. The molecule has 158 valence electrons. The van der Waals surface area contributed by atoms with Crippen LogP contribution in [0.1, 0.15) is 5.56 Å². The summed E-state index contributed by atoms with van der Waals surface area (Å²) in [5, 5.41) is 21.2. The Labute approximate surface area is 171 Å². The number of alkyl halides is 3. The minimum atomic E-state index is -4.47. The van der Waals surface area contributed by atoms with Gasteiger partial charge in [0.15, 0.2) is 0 Å². The molecular formula is C19H22ClF3N4O2. The maximum Gasteiger partial charge on any atom is 0.417 e. The molecule has 1 atom stereocenters. The van der Waals surface area contributed by atoms with Gasteiger partial charge in [0.05, 0.1) is 23.3 Å². The largest absolute Gasteiger partial charge is 0.417 e. The van der Waals surface area contributed by atoms with E-state index in [1.807, 2.05) is 29.2 Å². The summed E-state index contributed by atoms with van der Waals surface area (Å²) in [6, 6.07) is 8.59. The highest BCUT2D eigenvalue weighted by Gasteiger charge is 2.32. The van der Waals surface area contributed by atoms with Gasteiger partial charge in [-0.1, -0.05) is 11.6 Å². The summed E-state index contributed by atoms with van der Waals surface area (Å²) in [4.78, 5) is 7.98. The van der Waals surface area contributed by atoms with Gasteiger partial charge in [0.25, 0.3) is 0 Å². The minimum Gasteiger partial charge on any atom is -0.394 e. The number of aliphatic hydroxyl groups is 2. The smallest absolute Gasteiger partial charge is 0.394 e. The lowest BCUT2D eigenvalue weighted by Gasteiger charge is -2.37. The maximum atomic E-state index is 12.8. The number of nitrogens with zero attached hydrogens (tertiary/aromatic N) is 3. The van der Waals surface area contributed by atoms with Crippen LogP contribution in [-0.2, 0) is 6.18 Å². The van der Waals surface area contributed by atoms with Crippen LogP contribution in [0.25, 0.3) is 0 Å². The fourth-order valence-corrected chi connectivity index (χ4v) is 3.37. The lowest BCUT2D eigenvalue weighted by molar-refractivity contribution is -0.137. The predicted molar refractivity (Wildman–Crippen MR) is 107 cm³/mol. The standard InChI is InChI=1S/C19H22ClF3N4O2/c20-17-9-13(19(21,22)23)10-25-18(17)27-7-5-26(6-8-27)15-3-1-14(2-4-15)24-11-16(29)12-28/h1-4,9-10,16,24,28-29H,5-8,11-12H2. The molecule has 0 aliphatic carbocycles. The van der Waals surface area contributed by atoms with Crippen molar-refractivity contribution in [1.29, 1.82) is 0 Å². The van der Waals surface area contributed by atoms with Crippen molar-refractivity contribution in [2.75, 3.05) is 54.4 Å². The molecule has 1 saturated heterocycles. The van der Waals surface area contributed by atoms with Crippen LogP contribution in [-0.4, -0.2) is 60.6 Å². The van der Waals surface area contributed by atoms with E-state index in [9.17, 15) is 18.3 Å². The number of aromatic nitrogens is 1. The zero-order valence-electron chi connectivity index (χ0n) is 15.5. The summed E-state index contributed by atoms with van der Waals surface area (Å²) in [5.41, 5.74) is 0.995. The van der Waals surface area contributed by atoms with Gasteiger partial charge < -0.3 is 25.3 Å². The highest BCUT2D eigenvalue weighted by Crippen LogP contribution is 2.34. The lowest BCUT2D eigenvalue weighted by Crippen LogP contribution is -2.47. The Morgan fingerprint density at radius 2 is 1.72 bits per heavy atom. The van der Waals surface area contributed by atoms with E-state index < -0.39 is 17.8 Å². The van der Waals surface area contributed by atoms with Crippen LogP contribution in [0.4, 0.5) is 30.4 Å². The number of hydrogen-bond donors (Lipinski definition) is 3. The summed E-state index contributed by atoms with van der Waals surface area (Å²) in [6.45, 7) is 2.48.